The maximum Gasteiger partial charge on any atom is -0.0326 e. The number of rotatable bonds is 11. The third-order valence-electron chi connectivity index (χ3n) is 11.0. The van der Waals surface area contributed by atoms with Gasteiger partial charge in [0, 0.05) is 0 Å². The van der Waals surface area contributed by atoms with E-state index in [1.807, 2.05) is 0 Å². The second kappa shape index (κ2) is 11.9. The van der Waals surface area contributed by atoms with Crippen molar-refractivity contribution >= 4 is 0 Å². The molecule has 0 aliphatic heterocycles. The molecule has 31 heavy (non-hydrogen) atoms. The molecule has 0 spiro atoms. The molecule has 0 heterocycles. The van der Waals surface area contributed by atoms with Gasteiger partial charge in [-0.25, -0.2) is 0 Å². The van der Waals surface area contributed by atoms with Crippen LogP contribution in [0.5, 0.6) is 0 Å². The zero-order valence-corrected chi connectivity index (χ0v) is 22.5. The highest BCUT2D eigenvalue weighted by atomic mass is 14.6. The van der Waals surface area contributed by atoms with Crippen molar-refractivity contribution < 1.29 is 0 Å². The molecule has 0 radical (unpaired) electrons. The summed E-state index contributed by atoms with van der Waals surface area (Å²) in [5.74, 6) is 11.1. The number of hydrogen-bond acceptors (Lipinski definition) is 0. The lowest BCUT2D eigenvalue weighted by Crippen LogP contribution is -2.31. The van der Waals surface area contributed by atoms with Gasteiger partial charge < -0.3 is 0 Å². The lowest BCUT2D eigenvalue weighted by atomic mass is 9.67. The fourth-order valence-corrected chi connectivity index (χ4v) is 8.28. The van der Waals surface area contributed by atoms with Crippen LogP contribution in [-0.4, -0.2) is 0 Å². The van der Waals surface area contributed by atoms with Gasteiger partial charge in [0.1, 0.15) is 0 Å². The fourth-order valence-electron chi connectivity index (χ4n) is 8.28. The van der Waals surface area contributed by atoms with Gasteiger partial charge in [-0.15, -0.1) is 0 Å². The van der Waals surface area contributed by atoms with Gasteiger partial charge in [0.2, 0.25) is 0 Å². The zero-order valence-electron chi connectivity index (χ0n) is 22.5. The van der Waals surface area contributed by atoms with Crippen molar-refractivity contribution in [2.75, 3.05) is 0 Å². The Morgan fingerprint density at radius 3 is 2.06 bits per heavy atom. The van der Waals surface area contributed by atoms with E-state index in [-0.39, 0.29) is 0 Å². The fraction of sp³-hybridized carbons (Fsp3) is 1.00. The largest absolute Gasteiger partial charge is 0.0654 e. The lowest BCUT2D eigenvalue weighted by molar-refractivity contribution is 0.108. The molecule has 3 aliphatic rings. The monoisotopic (exact) mass is 430 g/mol. The van der Waals surface area contributed by atoms with E-state index < -0.39 is 0 Å². The second-order valence-corrected chi connectivity index (χ2v) is 13.1. The summed E-state index contributed by atoms with van der Waals surface area (Å²) in [4.78, 5) is 0. The number of hydrogen-bond donors (Lipinski definition) is 0. The third kappa shape index (κ3) is 6.53. The summed E-state index contributed by atoms with van der Waals surface area (Å²) in [5.41, 5.74) is 0. The van der Waals surface area contributed by atoms with Gasteiger partial charge in [0.05, 0.1) is 0 Å². The molecule has 0 aromatic heterocycles. The Bertz CT molecular complexity index is 498. The molecule has 3 aliphatic carbocycles. The molecule has 0 saturated heterocycles. The summed E-state index contributed by atoms with van der Waals surface area (Å²) in [7, 11) is 0. The van der Waals surface area contributed by atoms with Crippen LogP contribution in [0.25, 0.3) is 0 Å². The van der Waals surface area contributed by atoms with Crippen LogP contribution in [0.4, 0.5) is 0 Å². The van der Waals surface area contributed by atoms with Gasteiger partial charge in [-0.05, 0) is 104 Å². The Hall–Kier alpha value is 0. The van der Waals surface area contributed by atoms with Gasteiger partial charge in [0.15, 0.2) is 0 Å². The molecule has 0 aromatic carbocycles. The molecule has 9 atom stereocenters. The maximum atomic E-state index is 2.57. The van der Waals surface area contributed by atoms with Crippen LogP contribution in [-0.2, 0) is 0 Å². The van der Waals surface area contributed by atoms with Crippen LogP contribution in [0.2, 0.25) is 0 Å². The molecule has 0 nitrogen and oxygen atoms in total. The van der Waals surface area contributed by atoms with E-state index in [9.17, 15) is 0 Å². The summed E-state index contributed by atoms with van der Waals surface area (Å²) in [6.45, 7) is 17.4. The molecular weight excluding hydrogens is 372 g/mol. The molecule has 182 valence electrons. The first-order valence-electron chi connectivity index (χ1n) is 14.9. The summed E-state index contributed by atoms with van der Waals surface area (Å²) < 4.78 is 0. The van der Waals surface area contributed by atoms with Crippen molar-refractivity contribution in [3.8, 4) is 0 Å². The van der Waals surface area contributed by atoms with E-state index in [0.717, 1.165) is 65.1 Å². The minimum absolute atomic E-state index is 0.857. The van der Waals surface area contributed by atoms with Crippen LogP contribution in [0.3, 0.4) is 0 Å². The van der Waals surface area contributed by atoms with E-state index in [2.05, 4.69) is 48.5 Å². The topological polar surface area (TPSA) is 0 Å². The quantitative estimate of drug-likeness (QED) is 0.286. The van der Waals surface area contributed by atoms with Gasteiger partial charge in [-0.2, -0.15) is 0 Å². The number of unbranched alkanes of at least 4 members (excludes halogenated alkanes) is 1. The SMILES string of the molecule is CCCCC(CC)CC1C(C2CCC(CC(C)C(C)C)C2)CCCCC1C1C(C)C1C. The van der Waals surface area contributed by atoms with Crippen LogP contribution in [0, 0.1) is 65.1 Å². The van der Waals surface area contributed by atoms with Crippen LogP contribution < -0.4 is 0 Å². The lowest BCUT2D eigenvalue weighted by Gasteiger charge is -2.38. The molecule has 9 unspecified atom stereocenters. The van der Waals surface area contributed by atoms with E-state index in [1.54, 1.807) is 38.5 Å². The second-order valence-electron chi connectivity index (χ2n) is 13.1. The van der Waals surface area contributed by atoms with Crippen molar-refractivity contribution in [2.24, 2.45) is 65.1 Å². The van der Waals surface area contributed by atoms with Crippen molar-refractivity contribution in [3.63, 3.8) is 0 Å². The predicted molar refractivity (Wildman–Crippen MR) is 138 cm³/mol. The van der Waals surface area contributed by atoms with Crippen molar-refractivity contribution in [1.29, 1.82) is 0 Å². The van der Waals surface area contributed by atoms with Gasteiger partial charge in [0.25, 0.3) is 0 Å². The first-order valence-corrected chi connectivity index (χ1v) is 14.9. The summed E-state index contributed by atoms with van der Waals surface area (Å²) in [6, 6.07) is 0. The summed E-state index contributed by atoms with van der Waals surface area (Å²) in [5, 5.41) is 0. The Balaban J connectivity index is 1.73. The molecule has 0 bridgehead atoms. The molecule has 0 heteroatoms. The zero-order chi connectivity index (χ0) is 22.5. The third-order valence-corrected chi connectivity index (χ3v) is 11.0. The van der Waals surface area contributed by atoms with Crippen LogP contribution in [0.1, 0.15) is 132 Å². The highest BCUT2D eigenvalue weighted by Gasteiger charge is 2.52. The van der Waals surface area contributed by atoms with Crippen molar-refractivity contribution in [1.82, 2.24) is 0 Å². The van der Waals surface area contributed by atoms with Crippen molar-refractivity contribution in [3.05, 3.63) is 0 Å². The summed E-state index contributed by atoms with van der Waals surface area (Å²) >= 11 is 0. The van der Waals surface area contributed by atoms with Gasteiger partial charge in [-0.3, -0.25) is 0 Å². The Morgan fingerprint density at radius 1 is 0.806 bits per heavy atom. The first-order chi connectivity index (χ1) is 14.9. The van der Waals surface area contributed by atoms with E-state index >= 15 is 0 Å². The molecular formula is C31H58. The van der Waals surface area contributed by atoms with E-state index in [4.69, 9.17) is 0 Å². The van der Waals surface area contributed by atoms with Crippen LogP contribution in [0.15, 0.2) is 0 Å². The maximum absolute atomic E-state index is 2.57. The highest BCUT2D eigenvalue weighted by Crippen LogP contribution is 2.59. The standard InChI is InChI=1S/C31H58/c1-8-10-13-25(9-2)20-30-28(14-11-12-15-29(30)31-23(6)24(31)7)27-17-16-26(19-27)18-22(5)21(3)4/h21-31H,8-20H2,1-7H3. The van der Waals surface area contributed by atoms with E-state index in [1.165, 1.54) is 44.9 Å². The predicted octanol–water partition coefficient (Wildman–Crippen LogP) is 10.0. The van der Waals surface area contributed by atoms with Crippen LogP contribution >= 0.6 is 0 Å². The minimum atomic E-state index is 0.857. The highest BCUT2D eigenvalue weighted by molar-refractivity contribution is 5.01. The smallest absolute Gasteiger partial charge is 0.0326 e. The Morgan fingerprint density at radius 2 is 1.48 bits per heavy atom. The van der Waals surface area contributed by atoms with Gasteiger partial charge in [-0.1, -0.05) is 93.4 Å². The summed E-state index contributed by atoms with van der Waals surface area (Å²) in [6.07, 6.45) is 19.7. The van der Waals surface area contributed by atoms with Gasteiger partial charge >= 0.3 is 0 Å². The Kier molecular flexibility index (Phi) is 9.85. The molecule has 3 saturated carbocycles. The average molecular weight is 431 g/mol. The molecule has 3 rings (SSSR count). The normalized spacial score (nSPS) is 40.6. The molecule has 0 N–H and O–H groups in total. The molecule has 0 aromatic rings. The average Bonchev–Trinajstić information content (AvgIpc) is 3.15. The minimum Gasteiger partial charge on any atom is -0.0654 e. The van der Waals surface area contributed by atoms with E-state index in [0.29, 0.717) is 0 Å². The molecule has 3 fully saturated rings. The van der Waals surface area contributed by atoms with Crippen molar-refractivity contribution in [2.45, 2.75) is 132 Å². The Labute approximate surface area is 197 Å². The first kappa shape index (κ1) is 25.6. The molecule has 0 amide bonds.